The number of amides is 1. The molecular weight excluding hydrogens is 361 g/mol. The summed E-state index contributed by atoms with van der Waals surface area (Å²) in [7, 11) is -2.29. The molecule has 1 N–H and O–H groups in total. The lowest BCUT2D eigenvalue weighted by Gasteiger charge is -2.35. The maximum atomic E-state index is 15.2. The summed E-state index contributed by atoms with van der Waals surface area (Å²) >= 11 is 0. The number of hydrogen-bond donors (Lipinski definition) is 1. The Morgan fingerprint density at radius 2 is 2.12 bits per heavy atom. The number of nitrogens with one attached hydrogen (secondary N) is 1. The molecule has 1 atom stereocenters. The molecule has 1 saturated heterocycles. The number of sulfonamides is 1. The molecule has 0 aromatic carbocycles. The molecule has 1 unspecified atom stereocenters. The number of aryl methyl sites for hydroxylation is 1. The summed E-state index contributed by atoms with van der Waals surface area (Å²) in [4.78, 5) is 20.1. The summed E-state index contributed by atoms with van der Waals surface area (Å²) in [6, 6.07) is 3.42. The Balaban J connectivity index is 1.71. The Hall–Kier alpha value is -2.33. The SMILES string of the molecule is Cn1cnc(S(=O)(=O)N2CCCC(F)(C(=O)NCc3ccncc3)C2)c1. The highest BCUT2D eigenvalue weighted by Gasteiger charge is 2.46. The van der Waals surface area contributed by atoms with E-state index < -0.39 is 28.1 Å². The number of carbonyl (C=O) groups is 1. The Morgan fingerprint density at radius 1 is 1.38 bits per heavy atom. The van der Waals surface area contributed by atoms with Gasteiger partial charge in [0.25, 0.3) is 15.9 Å². The predicted molar refractivity (Wildman–Crippen MR) is 91.1 cm³/mol. The van der Waals surface area contributed by atoms with Gasteiger partial charge in [-0.05, 0) is 30.5 Å². The molecule has 8 nitrogen and oxygen atoms in total. The lowest BCUT2D eigenvalue weighted by Crippen LogP contribution is -2.55. The number of piperidine rings is 1. The molecule has 2 aromatic rings. The topological polar surface area (TPSA) is 97.2 Å². The molecule has 1 fully saturated rings. The number of imidazole rings is 1. The summed E-state index contributed by atoms with van der Waals surface area (Å²) in [6.45, 7) is -0.212. The van der Waals surface area contributed by atoms with Crippen LogP contribution in [-0.4, -0.2) is 51.9 Å². The van der Waals surface area contributed by atoms with E-state index in [1.54, 1.807) is 31.6 Å². The van der Waals surface area contributed by atoms with Gasteiger partial charge in [0.1, 0.15) is 0 Å². The third kappa shape index (κ3) is 3.75. The molecule has 26 heavy (non-hydrogen) atoms. The number of hydrogen-bond acceptors (Lipinski definition) is 5. The fraction of sp³-hybridized carbons (Fsp3) is 0.438. The number of aromatic nitrogens is 3. The third-order valence-electron chi connectivity index (χ3n) is 4.30. The monoisotopic (exact) mass is 381 g/mol. The standard InChI is InChI=1S/C16H20FN5O3S/c1-21-10-14(20-12-21)26(24,25)22-8-2-5-16(17,11-22)15(23)19-9-13-3-6-18-7-4-13/h3-4,6-7,10,12H,2,5,8-9,11H2,1H3,(H,19,23). The number of rotatable bonds is 5. The average molecular weight is 381 g/mol. The highest BCUT2D eigenvalue weighted by molar-refractivity contribution is 7.89. The second-order valence-corrected chi connectivity index (χ2v) is 8.21. The van der Waals surface area contributed by atoms with Crippen LogP contribution in [-0.2, 0) is 28.4 Å². The van der Waals surface area contributed by atoms with Crippen LogP contribution in [0.1, 0.15) is 18.4 Å². The molecule has 0 radical (unpaired) electrons. The van der Waals surface area contributed by atoms with E-state index in [9.17, 15) is 13.2 Å². The van der Waals surface area contributed by atoms with Crippen molar-refractivity contribution < 1.29 is 17.6 Å². The first-order chi connectivity index (χ1) is 12.3. The van der Waals surface area contributed by atoms with Crippen molar-refractivity contribution in [2.75, 3.05) is 13.1 Å². The molecule has 2 aromatic heterocycles. The molecule has 0 aliphatic carbocycles. The van der Waals surface area contributed by atoms with Gasteiger partial charge in [-0.15, -0.1) is 0 Å². The second kappa shape index (κ2) is 7.12. The first-order valence-corrected chi connectivity index (χ1v) is 9.59. The minimum Gasteiger partial charge on any atom is -0.349 e. The highest BCUT2D eigenvalue weighted by Crippen LogP contribution is 2.29. The van der Waals surface area contributed by atoms with Crippen molar-refractivity contribution in [3.8, 4) is 0 Å². The Morgan fingerprint density at radius 3 is 2.77 bits per heavy atom. The van der Waals surface area contributed by atoms with Crippen molar-refractivity contribution in [3.05, 3.63) is 42.6 Å². The number of nitrogens with zero attached hydrogens (tertiary/aromatic N) is 4. The molecular formula is C16H20FN5O3S. The molecule has 140 valence electrons. The predicted octanol–water partition coefficient (Wildman–Crippen LogP) is 0.624. The van der Waals surface area contributed by atoms with Crippen LogP contribution < -0.4 is 5.32 Å². The highest BCUT2D eigenvalue weighted by atomic mass is 32.2. The smallest absolute Gasteiger partial charge is 0.262 e. The van der Waals surface area contributed by atoms with Gasteiger partial charge in [-0.2, -0.15) is 4.31 Å². The number of pyridine rings is 1. The number of alkyl halides is 1. The van der Waals surface area contributed by atoms with Gasteiger partial charge < -0.3 is 9.88 Å². The molecule has 1 aliphatic rings. The minimum atomic E-state index is -3.94. The van der Waals surface area contributed by atoms with Gasteiger partial charge in [-0.1, -0.05) is 0 Å². The molecule has 1 aliphatic heterocycles. The summed E-state index contributed by atoms with van der Waals surface area (Å²) in [6.07, 6.45) is 6.10. The Labute approximate surface area is 151 Å². The van der Waals surface area contributed by atoms with E-state index in [1.165, 1.54) is 17.1 Å². The van der Waals surface area contributed by atoms with Crippen molar-refractivity contribution in [1.82, 2.24) is 24.2 Å². The Bertz CT molecular complexity index is 886. The van der Waals surface area contributed by atoms with E-state index in [0.717, 1.165) is 9.87 Å². The van der Waals surface area contributed by atoms with E-state index in [0.29, 0.717) is 0 Å². The van der Waals surface area contributed by atoms with Gasteiger partial charge in [0.05, 0.1) is 12.9 Å². The van der Waals surface area contributed by atoms with Crippen LogP contribution in [0, 0.1) is 0 Å². The fourth-order valence-electron chi connectivity index (χ4n) is 2.86. The van der Waals surface area contributed by atoms with Crippen molar-refractivity contribution in [2.24, 2.45) is 7.05 Å². The van der Waals surface area contributed by atoms with Gasteiger partial charge in [0.15, 0.2) is 5.03 Å². The molecule has 10 heteroatoms. The summed E-state index contributed by atoms with van der Waals surface area (Å²) < 4.78 is 43.0. The molecule has 3 rings (SSSR count). The van der Waals surface area contributed by atoms with Gasteiger partial charge in [0, 0.05) is 38.7 Å². The van der Waals surface area contributed by atoms with Crippen LogP contribution in [0.4, 0.5) is 4.39 Å². The fourth-order valence-corrected chi connectivity index (χ4v) is 4.35. The van der Waals surface area contributed by atoms with Crippen molar-refractivity contribution in [3.63, 3.8) is 0 Å². The third-order valence-corrected chi connectivity index (χ3v) is 6.03. The second-order valence-electron chi connectivity index (χ2n) is 6.32. The molecule has 0 spiro atoms. The van der Waals surface area contributed by atoms with Gasteiger partial charge >= 0.3 is 0 Å². The van der Waals surface area contributed by atoms with Crippen LogP contribution in [0.15, 0.2) is 42.1 Å². The van der Waals surface area contributed by atoms with Gasteiger partial charge in [-0.3, -0.25) is 9.78 Å². The Kier molecular flexibility index (Phi) is 5.05. The van der Waals surface area contributed by atoms with Crippen LogP contribution in [0.25, 0.3) is 0 Å². The zero-order valence-corrected chi connectivity index (χ0v) is 15.1. The van der Waals surface area contributed by atoms with Crippen molar-refractivity contribution in [2.45, 2.75) is 30.1 Å². The maximum Gasteiger partial charge on any atom is 0.262 e. The quantitative estimate of drug-likeness (QED) is 0.819. The first kappa shape index (κ1) is 18.5. The van der Waals surface area contributed by atoms with Crippen LogP contribution in [0.3, 0.4) is 0 Å². The molecule has 1 amide bonds. The van der Waals surface area contributed by atoms with Crippen LogP contribution >= 0.6 is 0 Å². The van der Waals surface area contributed by atoms with Crippen molar-refractivity contribution >= 4 is 15.9 Å². The van der Waals surface area contributed by atoms with Crippen LogP contribution in [0.2, 0.25) is 0 Å². The number of carbonyl (C=O) groups excluding carboxylic acids is 1. The maximum absolute atomic E-state index is 15.2. The molecule has 0 saturated carbocycles. The van der Waals surface area contributed by atoms with E-state index >= 15 is 4.39 Å². The van der Waals surface area contributed by atoms with E-state index in [2.05, 4.69) is 15.3 Å². The first-order valence-electron chi connectivity index (χ1n) is 8.15. The molecule has 3 heterocycles. The lowest BCUT2D eigenvalue weighted by atomic mass is 9.95. The summed E-state index contributed by atoms with van der Waals surface area (Å²) in [5.41, 5.74) is -1.49. The van der Waals surface area contributed by atoms with E-state index in [4.69, 9.17) is 0 Å². The lowest BCUT2D eigenvalue weighted by molar-refractivity contribution is -0.135. The van der Waals surface area contributed by atoms with Crippen molar-refractivity contribution in [1.29, 1.82) is 0 Å². The summed E-state index contributed by atoms with van der Waals surface area (Å²) in [5.74, 6) is -0.810. The van der Waals surface area contributed by atoms with E-state index in [1.807, 2.05) is 0 Å². The van der Waals surface area contributed by atoms with E-state index in [-0.39, 0.29) is 31.0 Å². The number of halogens is 1. The van der Waals surface area contributed by atoms with Gasteiger partial charge in [0.2, 0.25) is 5.67 Å². The van der Waals surface area contributed by atoms with Gasteiger partial charge in [-0.25, -0.2) is 17.8 Å². The largest absolute Gasteiger partial charge is 0.349 e. The summed E-state index contributed by atoms with van der Waals surface area (Å²) in [5, 5.41) is 2.39. The minimum absolute atomic E-state index is 0.0244. The zero-order chi connectivity index (χ0) is 18.8. The zero-order valence-electron chi connectivity index (χ0n) is 14.3. The molecule has 0 bridgehead atoms. The van der Waals surface area contributed by atoms with Crippen LogP contribution in [0.5, 0.6) is 0 Å². The normalized spacial score (nSPS) is 21.5. The average Bonchev–Trinajstić information content (AvgIpc) is 3.08.